The third-order valence-electron chi connectivity index (χ3n) is 5.65. The molecule has 0 amide bonds. The summed E-state index contributed by atoms with van der Waals surface area (Å²) in [5.74, 6) is -0.759. The smallest absolute Gasteiger partial charge is 0.113 e. The van der Waals surface area contributed by atoms with Crippen LogP contribution in [-0.2, 0) is 0 Å². The van der Waals surface area contributed by atoms with Crippen molar-refractivity contribution in [1.29, 1.82) is 5.26 Å². The van der Waals surface area contributed by atoms with Crippen LogP contribution < -0.4 is 25.9 Å². The summed E-state index contributed by atoms with van der Waals surface area (Å²) in [6, 6.07) is 6.69. The second-order valence-corrected chi connectivity index (χ2v) is 8.87. The highest BCUT2D eigenvalue weighted by Gasteiger charge is 2.26. The maximum atomic E-state index is 13.8. The molecule has 29 heavy (non-hydrogen) atoms. The van der Waals surface area contributed by atoms with Crippen LogP contribution in [0.25, 0.3) is 6.08 Å². The highest BCUT2D eigenvalue weighted by atomic mass is 32.2. The number of halogens is 1. The van der Waals surface area contributed by atoms with Crippen LogP contribution in [0.15, 0.2) is 29.0 Å². The van der Waals surface area contributed by atoms with E-state index in [0.717, 1.165) is 34.8 Å². The zero-order valence-corrected chi connectivity index (χ0v) is 18.2. The monoisotopic (exact) mass is 415 g/mol. The third kappa shape index (κ3) is 5.39. The number of rotatable bonds is 9. The van der Waals surface area contributed by atoms with E-state index in [0.29, 0.717) is 24.8 Å². The average Bonchev–Trinajstić information content (AvgIpc) is 3.22. The average molecular weight is 416 g/mol. The van der Waals surface area contributed by atoms with Gasteiger partial charge < -0.3 is 10.6 Å². The van der Waals surface area contributed by atoms with E-state index in [2.05, 4.69) is 58.5 Å². The molecular weight excluding hydrogens is 385 g/mol. The zero-order chi connectivity index (χ0) is 20.8. The van der Waals surface area contributed by atoms with Gasteiger partial charge >= 0.3 is 0 Å². The van der Waals surface area contributed by atoms with Crippen LogP contribution in [0.5, 0.6) is 0 Å². The summed E-state index contributed by atoms with van der Waals surface area (Å²) in [5.41, 5.74) is 2.19. The summed E-state index contributed by atoms with van der Waals surface area (Å²) in [5, 5.41) is 18.6. The largest absolute Gasteiger partial charge is 0.379 e. The maximum Gasteiger partial charge on any atom is 0.113 e. The van der Waals surface area contributed by atoms with Gasteiger partial charge in [-0.25, -0.2) is 4.39 Å². The fraction of sp³-hybridized carbons (Fsp3) is 0.545. The molecule has 0 saturated carbocycles. The Morgan fingerprint density at radius 2 is 2.21 bits per heavy atom. The van der Waals surface area contributed by atoms with Crippen molar-refractivity contribution in [2.45, 2.75) is 50.4 Å². The molecule has 0 aromatic heterocycles. The van der Waals surface area contributed by atoms with Crippen LogP contribution in [0, 0.1) is 17.2 Å². The Morgan fingerprint density at radius 3 is 2.93 bits per heavy atom. The molecule has 0 spiro atoms. The molecule has 2 aliphatic rings. The molecule has 0 fully saturated rings. The standard InChI is InChI=1S/C22H30FN5S/c1-4-19(13-27-29-14(2)25-3)28-21-11-17(10-16-7-8-26-22(16)21)15-5-6-20(23)18(9-15)12-24/h6-7,10-11,14-15,18-19,25,27-28H,4-5,8-9,13H2,1-3H3. The molecule has 0 radical (unpaired) electrons. The van der Waals surface area contributed by atoms with E-state index in [1.54, 1.807) is 18.0 Å². The topological polar surface area (TPSA) is 72.2 Å². The highest BCUT2D eigenvalue weighted by molar-refractivity contribution is 7.97. The van der Waals surface area contributed by atoms with Gasteiger partial charge in [0, 0.05) is 12.6 Å². The van der Waals surface area contributed by atoms with Crippen LogP contribution in [-0.4, -0.2) is 31.6 Å². The second-order valence-electron chi connectivity index (χ2n) is 7.64. The molecule has 1 aromatic rings. The van der Waals surface area contributed by atoms with E-state index >= 15 is 0 Å². The molecule has 156 valence electrons. The Labute approximate surface area is 176 Å². The van der Waals surface area contributed by atoms with Crippen molar-refractivity contribution in [2.24, 2.45) is 10.9 Å². The van der Waals surface area contributed by atoms with Crippen molar-refractivity contribution in [3.8, 4) is 6.07 Å². The Bertz CT molecular complexity index is 907. The zero-order valence-electron chi connectivity index (χ0n) is 17.3. The molecule has 1 aromatic carbocycles. The first-order valence-electron chi connectivity index (χ1n) is 10.3. The maximum absolute atomic E-state index is 13.8. The van der Waals surface area contributed by atoms with Crippen LogP contribution in [0.1, 0.15) is 44.6 Å². The van der Waals surface area contributed by atoms with Crippen molar-refractivity contribution in [2.75, 3.05) is 25.5 Å². The van der Waals surface area contributed by atoms with E-state index in [9.17, 15) is 9.65 Å². The number of nitrogens with one attached hydrogen (secondary N) is 3. The Hall–Kier alpha value is -1.88. The molecule has 1 aliphatic heterocycles. The van der Waals surface area contributed by atoms with E-state index < -0.39 is 5.92 Å². The van der Waals surface area contributed by atoms with Crippen molar-refractivity contribution in [1.82, 2.24) is 10.0 Å². The van der Waals surface area contributed by atoms with Gasteiger partial charge in [-0.05, 0) is 62.1 Å². The van der Waals surface area contributed by atoms with Crippen molar-refractivity contribution < 1.29 is 4.39 Å². The van der Waals surface area contributed by atoms with E-state index in [-0.39, 0.29) is 17.8 Å². The van der Waals surface area contributed by atoms with Crippen molar-refractivity contribution in [3.63, 3.8) is 0 Å². The predicted molar refractivity (Wildman–Crippen MR) is 119 cm³/mol. The lowest BCUT2D eigenvalue weighted by atomic mass is 9.82. The summed E-state index contributed by atoms with van der Waals surface area (Å²) in [7, 11) is 1.95. The normalized spacial score (nSPS) is 22.5. The number of allylic oxidation sites excluding steroid dienone is 2. The van der Waals surface area contributed by atoms with Gasteiger partial charge in [0.05, 0.1) is 35.0 Å². The molecule has 0 bridgehead atoms. The molecule has 4 atom stereocenters. The molecule has 0 saturated heterocycles. The lowest BCUT2D eigenvalue weighted by Crippen LogP contribution is -2.36. The number of nitrogens with zero attached hydrogens (tertiary/aromatic N) is 2. The van der Waals surface area contributed by atoms with Gasteiger partial charge in [-0.15, -0.1) is 0 Å². The summed E-state index contributed by atoms with van der Waals surface area (Å²) >= 11 is 1.68. The van der Waals surface area contributed by atoms with Crippen LogP contribution >= 0.6 is 11.9 Å². The number of benzene rings is 1. The van der Waals surface area contributed by atoms with Gasteiger partial charge in [0.1, 0.15) is 5.83 Å². The number of hydrogen-bond donors (Lipinski definition) is 3. The summed E-state index contributed by atoms with van der Waals surface area (Å²) in [4.78, 5) is 4.66. The molecule has 3 rings (SSSR count). The minimum atomic E-state index is -0.633. The molecule has 7 heteroatoms. The van der Waals surface area contributed by atoms with Gasteiger partial charge in [-0.3, -0.25) is 9.71 Å². The van der Waals surface area contributed by atoms with Crippen molar-refractivity contribution in [3.05, 3.63) is 40.2 Å². The number of nitriles is 1. The molecule has 1 aliphatic carbocycles. The number of fused-ring (bicyclic) bond motifs is 1. The molecular formula is C22H30FN5S. The fourth-order valence-corrected chi connectivity index (χ4v) is 4.39. The van der Waals surface area contributed by atoms with Crippen LogP contribution in [0.4, 0.5) is 10.1 Å². The molecule has 3 N–H and O–H groups in total. The Kier molecular flexibility index (Phi) is 7.70. The minimum absolute atomic E-state index is 0.157. The van der Waals surface area contributed by atoms with Gasteiger partial charge in [0.25, 0.3) is 0 Å². The first kappa shape index (κ1) is 21.8. The number of anilines is 1. The van der Waals surface area contributed by atoms with Crippen LogP contribution in [0.2, 0.25) is 0 Å². The minimum Gasteiger partial charge on any atom is -0.379 e. The van der Waals surface area contributed by atoms with E-state index in [4.69, 9.17) is 0 Å². The van der Waals surface area contributed by atoms with E-state index in [1.807, 2.05) is 7.05 Å². The Balaban J connectivity index is 1.79. The molecule has 4 unspecified atom stereocenters. The summed E-state index contributed by atoms with van der Waals surface area (Å²) < 4.78 is 17.3. The highest BCUT2D eigenvalue weighted by Crippen LogP contribution is 2.36. The lowest BCUT2D eigenvalue weighted by molar-refractivity contribution is 0.436. The first-order chi connectivity index (χ1) is 14.0. The SMILES string of the molecule is CCC(CNSC(C)NC)Nc1cc(C2CC=C(F)C(C#N)C2)cc2c1=NCC=2. The van der Waals surface area contributed by atoms with Gasteiger partial charge in [-0.2, -0.15) is 5.26 Å². The fourth-order valence-electron chi connectivity index (χ4n) is 3.72. The molecule has 1 heterocycles. The van der Waals surface area contributed by atoms with Gasteiger partial charge in [0.2, 0.25) is 0 Å². The lowest BCUT2D eigenvalue weighted by Gasteiger charge is -2.24. The predicted octanol–water partition coefficient (Wildman–Crippen LogP) is 2.96. The summed E-state index contributed by atoms with van der Waals surface area (Å²) in [6.07, 6.45) is 5.87. The van der Waals surface area contributed by atoms with Gasteiger partial charge in [0.15, 0.2) is 0 Å². The first-order valence-corrected chi connectivity index (χ1v) is 11.2. The van der Waals surface area contributed by atoms with Crippen LogP contribution in [0.3, 0.4) is 0 Å². The van der Waals surface area contributed by atoms with E-state index in [1.165, 1.54) is 0 Å². The second kappa shape index (κ2) is 10.2. The quantitative estimate of drug-likeness (QED) is 0.427. The number of hydrogen-bond acceptors (Lipinski definition) is 6. The third-order valence-corrected chi connectivity index (χ3v) is 6.57. The van der Waals surface area contributed by atoms with Crippen molar-refractivity contribution >= 4 is 23.7 Å². The Morgan fingerprint density at radius 1 is 1.38 bits per heavy atom. The summed E-state index contributed by atoms with van der Waals surface area (Å²) in [6.45, 7) is 5.82. The van der Waals surface area contributed by atoms with Gasteiger partial charge in [-0.1, -0.05) is 31.0 Å². The molecule has 5 nitrogen and oxygen atoms in total.